The molecule has 6 heteroatoms. The Bertz CT molecular complexity index is 778. The predicted molar refractivity (Wildman–Crippen MR) is 101 cm³/mol. The molecule has 3 rings (SSSR count). The fourth-order valence-corrected chi connectivity index (χ4v) is 3.29. The highest BCUT2D eigenvalue weighted by atomic mass is 16.3. The summed E-state index contributed by atoms with van der Waals surface area (Å²) in [5.74, 6) is -0.128. The molecular weight excluding hydrogens is 315 g/mol. The van der Waals surface area contributed by atoms with Crippen molar-refractivity contribution in [3.8, 4) is 5.75 Å². The molecule has 0 fully saturated rings. The Morgan fingerprint density at radius 2 is 1.92 bits per heavy atom. The van der Waals surface area contributed by atoms with Gasteiger partial charge in [-0.25, -0.2) is 0 Å². The largest absolute Gasteiger partial charge is 0.506 e. The number of aliphatic hydroxyl groups is 1. The van der Waals surface area contributed by atoms with Crippen molar-refractivity contribution in [2.45, 2.75) is 31.9 Å². The van der Waals surface area contributed by atoms with Crippen LogP contribution in [-0.4, -0.2) is 35.4 Å². The summed E-state index contributed by atoms with van der Waals surface area (Å²) in [6, 6.07) is 13.4. The zero-order valence-corrected chi connectivity index (χ0v) is 14.5. The van der Waals surface area contributed by atoms with Gasteiger partial charge in [0.05, 0.1) is 11.8 Å². The van der Waals surface area contributed by atoms with Crippen molar-refractivity contribution in [3.63, 3.8) is 0 Å². The first kappa shape index (κ1) is 17.5. The number of phenols is 1. The third-order valence-corrected chi connectivity index (χ3v) is 4.55. The molecule has 5 nitrogen and oxygen atoms in total. The third kappa shape index (κ3) is 4.03. The van der Waals surface area contributed by atoms with Crippen LogP contribution >= 0.6 is 0 Å². The number of carbonyl (C=O) groups is 1. The van der Waals surface area contributed by atoms with Gasteiger partial charge in [0.15, 0.2) is 5.81 Å². The molecule has 4 N–H and O–H groups in total. The Labute approximate surface area is 148 Å². The molecule has 130 valence electrons. The maximum atomic E-state index is 11.6. The molecule has 2 aromatic carbocycles. The van der Waals surface area contributed by atoms with E-state index in [1.165, 1.54) is 11.6 Å². The van der Waals surface area contributed by atoms with E-state index in [-0.39, 0.29) is 24.4 Å². The molecule has 1 unspecified atom stereocenters. The highest BCUT2D eigenvalue weighted by molar-refractivity contribution is 6.89. The molecule has 0 radical (unpaired) electrons. The van der Waals surface area contributed by atoms with Crippen molar-refractivity contribution in [1.82, 2.24) is 5.32 Å². The first-order chi connectivity index (χ1) is 11.9. The molecule has 0 saturated carbocycles. The van der Waals surface area contributed by atoms with Crippen LogP contribution in [0, 0.1) is 0 Å². The maximum Gasteiger partial charge on any atom is 0.270 e. The van der Waals surface area contributed by atoms with E-state index in [9.17, 15) is 15.0 Å². The molecule has 1 heterocycles. The second-order valence-electron chi connectivity index (χ2n) is 7.20. The fourth-order valence-electron chi connectivity index (χ4n) is 3.29. The summed E-state index contributed by atoms with van der Waals surface area (Å²) in [6.45, 7) is 4.56. The monoisotopic (exact) mass is 338 g/mol. The van der Waals surface area contributed by atoms with Crippen molar-refractivity contribution in [2.24, 2.45) is 0 Å². The number of nitrogens with one attached hydrogen (secondary N) is 2. The highest BCUT2D eigenvalue weighted by Gasteiger charge is 2.28. The van der Waals surface area contributed by atoms with E-state index in [2.05, 4.69) is 36.6 Å². The summed E-state index contributed by atoms with van der Waals surface area (Å²) in [7, 11) is 0.184. The summed E-state index contributed by atoms with van der Waals surface area (Å²) in [5.41, 5.74) is 2.82. The minimum atomic E-state index is -0.753. The minimum Gasteiger partial charge on any atom is -0.506 e. The van der Waals surface area contributed by atoms with Gasteiger partial charge in [0.1, 0.15) is 5.75 Å². The van der Waals surface area contributed by atoms with Crippen LogP contribution < -0.4 is 16.1 Å². The lowest BCUT2D eigenvalue weighted by atomic mass is 9.69. The molecule has 0 spiro atoms. The molecule has 0 bridgehead atoms. The SMILES string of the molecule is CC(C)(Cc1ccccc1)NCC(O)c1ccc(O)c2c1BC(=O)N2. The van der Waals surface area contributed by atoms with E-state index in [0.717, 1.165) is 6.42 Å². The summed E-state index contributed by atoms with van der Waals surface area (Å²) in [5, 5.41) is 26.5. The van der Waals surface area contributed by atoms with Crippen LogP contribution in [0.2, 0.25) is 0 Å². The number of phenolic OH excluding ortho intramolecular Hbond substituents is 1. The first-order valence-electron chi connectivity index (χ1n) is 8.47. The van der Waals surface area contributed by atoms with E-state index >= 15 is 0 Å². The van der Waals surface area contributed by atoms with Crippen LogP contribution in [0.15, 0.2) is 42.5 Å². The number of β-amino-alcohol motifs (C(OH)–C–C–N with tert-alkyl or cyclic N) is 1. The second kappa shape index (κ2) is 6.90. The number of amides is 1. The summed E-state index contributed by atoms with van der Waals surface area (Å²) >= 11 is 0. The second-order valence-corrected chi connectivity index (χ2v) is 7.20. The maximum absolute atomic E-state index is 11.6. The third-order valence-electron chi connectivity index (χ3n) is 4.55. The quantitative estimate of drug-likeness (QED) is 0.477. The van der Waals surface area contributed by atoms with Gasteiger partial charge < -0.3 is 20.8 Å². The molecule has 25 heavy (non-hydrogen) atoms. The van der Waals surface area contributed by atoms with Gasteiger partial charge in [0, 0.05) is 12.1 Å². The van der Waals surface area contributed by atoms with Gasteiger partial charge in [-0.05, 0) is 42.9 Å². The number of hydrogen-bond donors (Lipinski definition) is 4. The molecule has 1 amide bonds. The van der Waals surface area contributed by atoms with Crippen LogP contribution in [0.5, 0.6) is 5.75 Å². The molecule has 1 aliphatic rings. The number of aromatic hydroxyl groups is 1. The van der Waals surface area contributed by atoms with Crippen LogP contribution in [0.3, 0.4) is 0 Å². The number of benzene rings is 2. The van der Waals surface area contributed by atoms with Crippen LogP contribution in [0.1, 0.15) is 31.1 Å². The zero-order valence-electron chi connectivity index (χ0n) is 14.5. The number of fused-ring (bicyclic) bond motifs is 1. The van der Waals surface area contributed by atoms with Crippen molar-refractivity contribution in [1.29, 1.82) is 0 Å². The Balaban J connectivity index is 1.68. The molecular formula is C19H23BN2O3. The Hall–Kier alpha value is -2.31. The number of carbonyl (C=O) groups excluding carboxylic acids is 1. The van der Waals surface area contributed by atoms with Gasteiger partial charge in [-0.15, -0.1) is 0 Å². The fraction of sp³-hybridized carbons (Fsp3) is 0.316. The Morgan fingerprint density at radius 3 is 2.64 bits per heavy atom. The number of anilines is 1. The van der Waals surface area contributed by atoms with Crippen molar-refractivity contribution < 1.29 is 15.0 Å². The molecule has 0 saturated heterocycles. The van der Waals surface area contributed by atoms with E-state index in [1.54, 1.807) is 6.07 Å². The molecule has 1 aliphatic heterocycles. The van der Waals surface area contributed by atoms with Crippen molar-refractivity contribution in [2.75, 3.05) is 11.9 Å². The Morgan fingerprint density at radius 1 is 1.20 bits per heavy atom. The number of aliphatic hydroxyl groups excluding tert-OH is 1. The van der Waals surface area contributed by atoms with Crippen molar-refractivity contribution >= 4 is 24.2 Å². The lowest BCUT2D eigenvalue weighted by molar-refractivity contribution is 0.161. The normalized spacial score (nSPS) is 14.6. The summed E-state index contributed by atoms with van der Waals surface area (Å²) < 4.78 is 0. The number of rotatable bonds is 6. The van der Waals surface area contributed by atoms with E-state index in [4.69, 9.17) is 0 Å². The predicted octanol–water partition coefficient (Wildman–Crippen LogP) is 1.64. The standard InChI is InChI=1S/C19H23BN2O3/c1-19(2,10-12-6-4-3-5-7-12)21-11-15(24)13-8-9-14(23)17-16(13)20-18(25)22-17/h3-9,15,20-21,23-24H,10-11H2,1-2H3,(H,22,25). The van der Waals surface area contributed by atoms with Gasteiger partial charge in [0.2, 0.25) is 0 Å². The minimum absolute atomic E-state index is 0.0363. The lowest BCUT2D eigenvalue weighted by Crippen LogP contribution is -2.44. The molecule has 0 aliphatic carbocycles. The molecule has 0 aromatic heterocycles. The van der Waals surface area contributed by atoms with E-state index < -0.39 is 6.10 Å². The number of hydrogen-bond acceptors (Lipinski definition) is 4. The molecule has 1 atom stereocenters. The van der Waals surface area contributed by atoms with Crippen molar-refractivity contribution in [3.05, 3.63) is 53.6 Å². The van der Waals surface area contributed by atoms with Gasteiger partial charge in [-0.2, -0.15) is 0 Å². The van der Waals surface area contributed by atoms with E-state index in [0.29, 0.717) is 23.3 Å². The zero-order chi connectivity index (χ0) is 18.0. The van der Waals surface area contributed by atoms with Crippen LogP contribution in [-0.2, 0) is 6.42 Å². The summed E-state index contributed by atoms with van der Waals surface area (Å²) in [6.07, 6.45) is 0.0889. The highest BCUT2D eigenvalue weighted by Crippen LogP contribution is 2.27. The first-order valence-corrected chi connectivity index (χ1v) is 8.47. The smallest absolute Gasteiger partial charge is 0.270 e. The van der Waals surface area contributed by atoms with Gasteiger partial charge in [-0.3, -0.25) is 4.79 Å². The topological polar surface area (TPSA) is 81.6 Å². The molecule has 2 aromatic rings. The van der Waals surface area contributed by atoms with Gasteiger partial charge >= 0.3 is 0 Å². The van der Waals surface area contributed by atoms with Gasteiger partial charge in [-0.1, -0.05) is 36.4 Å². The lowest BCUT2D eigenvalue weighted by Gasteiger charge is -2.28. The Kier molecular flexibility index (Phi) is 4.83. The summed E-state index contributed by atoms with van der Waals surface area (Å²) in [4.78, 5) is 11.6. The van der Waals surface area contributed by atoms with Gasteiger partial charge in [0.25, 0.3) is 7.28 Å². The average molecular weight is 338 g/mol. The average Bonchev–Trinajstić information content (AvgIpc) is 2.96. The van der Waals surface area contributed by atoms with Crippen LogP contribution in [0.4, 0.5) is 10.5 Å². The van der Waals surface area contributed by atoms with E-state index in [1.807, 2.05) is 18.2 Å². The van der Waals surface area contributed by atoms with Crippen LogP contribution in [0.25, 0.3) is 0 Å².